The Morgan fingerprint density at radius 1 is 1.22 bits per heavy atom. The van der Waals surface area contributed by atoms with E-state index in [4.69, 9.17) is 0 Å². The molecule has 0 saturated heterocycles. The van der Waals surface area contributed by atoms with Gasteiger partial charge in [-0.1, -0.05) is 19.1 Å². The summed E-state index contributed by atoms with van der Waals surface area (Å²) >= 11 is 1.72. The van der Waals surface area contributed by atoms with Crippen LogP contribution in [0.1, 0.15) is 29.3 Å². The summed E-state index contributed by atoms with van der Waals surface area (Å²) in [5.74, 6) is 1.04. The van der Waals surface area contributed by atoms with Gasteiger partial charge >= 0.3 is 0 Å². The van der Waals surface area contributed by atoms with E-state index in [2.05, 4.69) is 27.5 Å². The molecule has 1 aromatic carbocycles. The molecule has 0 bridgehead atoms. The molecule has 0 radical (unpaired) electrons. The van der Waals surface area contributed by atoms with E-state index < -0.39 is 0 Å². The number of aliphatic imine (C=N–C) groups is 1. The zero-order chi connectivity index (χ0) is 15.8. The first-order chi connectivity index (χ1) is 10.7. The van der Waals surface area contributed by atoms with Crippen LogP contribution in [-0.2, 0) is 19.5 Å². The maximum atomic E-state index is 9.28. The summed E-state index contributed by atoms with van der Waals surface area (Å²) in [6, 6.07) is 7.09. The Hall–Kier alpha value is -1.35. The number of hydrogen-bond donors (Lipinski definition) is 3. The van der Waals surface area contributed by atoms with Gasteiger partial charge in [-0.2, -0.15) is 0 Å². The highest BCUT2D eigenvalue weighted by atomic mass is 127. The number of aryl methyl sites for hydroxylation is 1. The van der Waals surface area contributed by atoms with Crippen molar-refractivity contribution in [2.24, 2.45) is 4.99 Å². The van der Waals surface area contributed by atoms with Gasteiger partial charge in [0.25, 0.3) is 0 Å². The molecule has 0 spiro atoms. The zero-order valence-electron chi connectivity index (χ0n) is 13.4. The molecule has 0 fully saturated rings. The summed E-state index contributed by atoms with van der Waals surface area (Å²) in [6.07, 6.45) is 2.95. The van der Waals surface area contributed by atoms with E-state index in [0.29, 0.717) is 13.1 Å². The van der Waals surface area contributed by atoms with E-state index in [0.717, 1.165) is 29.5 Å². The van der Waals surface area contributed by atoms with Gasteiger partial charge in [-0.25, -0.2) is 9.98 Å². The van der Waals surface area contributed by atoms with Crippen LogP contribution in [0.2, 0.25) is 0 Å². The third-order valence-corrected chi connectivity index (χ3v) is 4.20. The molecular weight excluding hydrogens is 423 g/mol. The lowest BCUT2D eigenvalue weighted by Gasteiger charge is -2.10. The number of hydrogen-bond acceptors (Lipinski definition) is 4. The average Bonchev–Trinajstić information content (AvgIpc) is 3.00. The molecular formula is C16H23IN4OS. The van der Waals surface area contributed by atoms with Gasteiger partial charge in [-0.05, 0) is 31.0 Å². The van der Waals surface area contributed by atoms with Gasteiger partial charge in [-0.3, -0.25) is 0 Å². The Labute approximate surface area is 158 Å². The number of benzene rings is 1. The topological polar surface area (TPSA) is 69.5 Å². The highest BCUT2D eigenvalue weighted by Gasteiger charge is 2.02. The third kappa shape index (κ3) is 6.74. The van der Waals surface area contributed by atoms with Crippen molar-refractivity contribution in [2.45, 2.75) is 33.4 Å². The number of rotatable bonds is 6. The number of thiazole rings is 1. The Balaban J connectivity index is 0.00000264. The van der Waals surface area contributed by atoms with Crippen molar-refractivity contribution in [3.05, 3.63) is 45.9 Å². The summed E-state index contributed by atoms with van der Waals surface area (Å²) in [5.41, 5.74) is 1.05. The van der Waals surface area contributed by atoms with Crippen LogP contribution in [0.4, 0.5) is 0 Å². The number of guanidine groups is 1. The van der Waals surface area contributed by atoms with Crippen LogP contribution in [0.5, 0.6) is 5.75 Å². The van der Waals surface area contributed by atoms with Crippen molar-refractivity contribution in [1.82, 2.24) is 15.6 Å². The normalized spacial score (nSPS) is 11.0. The molecule has 7 heteroatoms. The monoisotopic (exact) mass is 446 g/mol. The predicted octanol–water partition coefficient (Wildman–Crippen LogP) is 3.28. The van der Waals surface area contributed by atoms with Crippen molar-refractivity contribution in [2.75, 3.05) is 6.54 Å². The summed E-state index contributed by atoms with van der Waals surface area (Å²) in [4.78, 5) is 10.2. The maximum absolute atomic E-state index is 9.28. The Kier molecular flexibility index (Phi) is 8.93. The van der Waals surface area contributed by atoms with E-state index in [9.17, 15) is 5.11 Å². The van der Waals surface area contributed by atoms with Gasteiger partial charge in [0, 0.05) is 17.6 Å². The van der Waals surface area contributed by atoms with Crippen molar-refractivity contribution >= 4 is 41.3 Å². The van der Waals surface area contributed by atoms with Crippen LogP contribution >= 0.6 is 35.3 Å². The lowest BCUT2D eigenvalue weighted by atomic mass is 10.2. The quantitative estimate of drug-likeness (QED) is 0.362. The highest BCUT2D eigenvalue weighted by molar-refractivity contribution is 14.0. The molecule has 0 aliphatic carbocycles. The van der Waals surface area contributed by atoms with Crippen molar-refractivity contribution in [3.8, 4) is 5.75 Å². The summed E-state index contributed by atoms with van der Waals surface area (Å²) < 4.78 is 0. The zero-order valence-corrected chi connectivity index (χ0v) is 16.5. The third-order valence-electron chi connectivity index (χ3n) is 3.06. The number of aromatic nitrogens is 1. The Morgan fingerprint density at radius 3 is 2.57 bits per heavy atom. The number of aromatic hydroxyl groups is 1. The van der Waals surface area contributed by atoms with Crippen molar-refractivity contribution < 1.29 is 5.11 Å². The molecule has 0 aliphatic heterocycles. The lowest BCUT2D eigenvalue weighted by molar-refractivity contribution is 0.475. The van der Waals surface area contributed by atoms with Crippen LogP contribution in [-0.4, -0.2) is 22.6 Å². The maximum Gasteiger partial charge on any atom is 0.191 e. The second kappa shape index (κ2) is 10.4. The minimum atomic E-state index is 0. The van der Waals surface area contributed by atoms with Gasteiger partial charge in [0.15, 0.2) is 5.96 Å². The molecule has 5 nitrogen and oxygen atoms in total. The SMILES string of the molecule is CCNC(=NCc1ccc(O)cc1)NCc1ncc(CC)s1.I. The van der Waals surface area contributed by atoms with Gasteiger partial charge in [0.05, 0.1) is 13.1 Å². The lowest BCUT2D eigenvalue weighted by Crippen LogP contribution is -2.36. The molecule has 0 amide bonds. The smallest absolute Gasteiger partial charge is 0.191 e. The fourth-order valence-electron chi connectivity index (χ4n) is 1.87. The van der Waals surface area contributed by atoms with E-state index in [1.807, 2.05) is 25.3 Å². The van der Waals surface area contributed by atoms with E-state index in [1.165, 1.54) is 4.88 Å². The van der Waals surface area contributed by atoms with Gasteiger partial charge < -0.3 is 15.7 Å². The fraction of sp³-hybridized carbons (Fsp3) is 0.375. The molecule has 1 aromatic heterocycles. The van der Waals surface area contributed by atoms with Crippen LogP contribution < -0.4 is 10.6 Å². The van der Waals surface area contributed by atoms with Gasteiger partial charge in [0.1, 0.15) is 10.8 Å². The molecule has 23 heavy (non-hydrogen) atoms. The predicted molar refractivity (Wildman–Crippen MR) is 107 cm³/mol. The minimum Gasteiger partial charge on any atom is -0.508 e. The Morgan fingerprint density at radius 2 is 1.96 bits per heavy atom. The fourth-order valence-corrected chi connectivity index (χ4v) is 2.67. The number of nitrogens with zero attached hydrogens (tertiary/aromatic N) is 2. The second-order valence-corrected chi connectivity index (χ2v) is 5.99. The molecule has 2 rings (SSSR count). The van der Waals surface area contributed by atoms with Crippen LogP contribution in [0.25, 0.3) is 0 Å². The first kappa shape index (κ1) is 19.7. The van der Waals surface area contributed by atoms with Crippen molar-refractivity contribution in [1.29, 1.82) is 0 Å². The van der Waals surface area contributed by atoms with Crippen LogP contribution in [0.15, 0.2) is 35.5 Å². The number of phenols is 1. The second-order valence-electron chi connectivity index (χ2n) is 4.79. The summed E-state index contributed by atoms with van der Waals surface area (Å²) in [6.45, 7) is 6.21. The molecule has 0 saturated carbocycles. The molecule has 2 aromatic rings. The molecule has 3 N–H and O–H groups in total. The summed E-state index contributed by atoms with van der Waals surface area (Å²) in [7, 11) is 0. The standard InChI is InChI=1S/C16H22N4OS.HI/c1-3-14-10-18-15(22-14)11-20-16(17-4-2)19-9-12-5-7-13(21)8-6-12;/h5-8,10,21H,3-4,9,11H2,1-2H3,(H2,17,19,20);1H. The summed E-state index contributed by atoms with van der Waals surface area (Å²) in [5, 5.41) is 16.9. The minimum absolute atomic E-state index is 0. The van der Waals surface area contributed by atoms with E-state index in [-0.39, 0.29) is 29.7 Å². The average molecular weight is 446 g/mol. The Bertz CT molecular complexity index is 613. The number of nitrogens with one attached hydrogen (secondary N) is 2. The van der Waals surface area contributed by atoms with Crippen LogP contribution in [0.3, 0.4) is 0 Å². The number of phenolic OH excluding ortho intramolecular Hbond substituents is 1. The first-order valence-corrected chi connectivity index (χ1v) is 8.26. The first-order valence-electron chi connectivity index (χ1n) is 7.45. The van der Waals surface area contributed by atoms with Crippen LogP contribution in [0, 0.1) is 0 Å². The van der Waals surface area contributed by atoms with E-state index >= 15 is 0 Å². The number of halogens is 1. The van der Waals surface area contributed by atoms with E-state index in [1.54, 1.807) is 23.5 Å². The molecule has 1 heterocycles. The molecule has 126 valence electrons. The van der Waals surface area contributed by atoms with Crippen molar-refractivity contribution in [3.63, 3.8) is 0 Å². The molecule has 0 unspecified atom stereocenters. The molecule has 0 aliphatic rings. The molecule has 0 atom stereocenters. The largest absolute Gasteiger partial charge is 0.508 e. The van der Waals surface area contributed by atoms with Gasteiger partial charge in [0.2, 0.25) is 0 Å². The van der Waals surface area contributed by atoms with Gasteiger partial charge in [-0.15, -0.1) is 35.3 Å². The highest BCUT2D eigenvalue weighted by Crippen LogP contribution is 2.13.